The summed E-state index contributed by atoms with van der Waals surface area (Å²) in [6, 6.07) is 0.0793. The van der Waals surface area contributed by atoms with Gasteiger partial charge >= 0.3 is 0 Å². The number of rotatable bonds is 6. The van der Waals surface area contributed by atoms with Crippen LogP contribution in [0.3, 0.4) is 0 Å². The summed E-state index contributed by atoms with van der Waals surface area (Å²) in [6.07, 6.45) is 15.3. The molecule has 1 unspecified atom stereocenters. The third kappa shape index (κ3) is 9.01. The van der Waals surface area contributed by atoms with E-state index in [1.54, 1.807) is 11.9 Å². The molecule has 35 heavy (non-hydrogen) atoms. The molecular formula is C29H47N5S. The average molecular weight is 498 g/mol. The predicted molar refractivity (Wildman–Crippen MR) is 158 cm³/mol. The number of aliphatic imine (C=N–C) groups is 1. The normalized spacial score (nSPS) is 16.3. The first-order valence-corrected chi connectivity index (χ1v) is 13.6. The number of nitrogen functional groups attached to an aromatic ring is 1. The van der Waals surface area contributed by atoms with Gasteiger partial charge in [0.2, 0.25) is 0 Å². The Bertz CT molecular complexity index is 964. The third-order valence-electron chi connectivity index (χ3n) is 5.93. The van der Waals surface area contributed by atoms with Crippen LogP contribution in [0.15, 0.2) is 47.1 Å². The van der Waals surface area contributed by atoms with Crippen molar-refractivity contribution in [1.82, 2.24) is 9.71 Å². The zero-order chi connectivity index (χ0) is 26.6. The van der Waals surface area contributed by atoms with Gasteiger partial charge in [0, 0.05) is 39.8 Å². The van der Waals surface area contributed by atoms with Crippen LogP contribution in [0.1, 0.15) is 103 Å². The summed E-state index contributed by atoms with van der Waals surface area (Å²) >= 11 is 1.61. The Hall–Kier alpha value is -2.31. The maximum Gasteiger partial charge on any atom is 0.0770 e. The number of hydrogen-bond acceptors (Lipinski definition) is 6. The minimum absolute atomic E-state index is 0.0793. The maximum atomic E-state index is 6.72. The van der Waals surface area contributed by atoms with Crippen molar-refractivity contribution in [3.8, 4) is 0 Å². The number of aromatic nitrogens is 1. The second-order valence-corrected chi connectivity index (χ2v) is 10.7. The van der Waals surface area contributed by atoms with E-state index < -0.39 is 0 Å². The van der Waals surface area contributed by atoms with Gasteiger partial charge in [-0.3, -0.25) is 14.7 Å². The van der Waals surface area contributed by atoms with Gasteiger partial charge in [-0.1, -0.05) is 59.4 Å². The number of nitrogens with one attached hydrogen (secondary N) is 1. The van der Waals surface area contributed by atoms with Gasteiger partial charge in [-0.25, -0.2) is 0 Å². The number of hydrogen-bond donors (Lipinski definition) is 3. The first-order valence-electron chi connectivity index (χ1n) is 12.7. The summed E-state index contributed by atoms with van der Waals surface area (Å²) in [4.78, 5) is 10.8. The van der Waals surface area contributed by atoms with Gasteiger partial charge < -0.3 is 11.5 Å². The molecule has 1 aromatic heterocycles. The van der Waals surface area contributed by atoms with Gasteiger partial charge in [-0.05, 0) is 87.6 Å². The molecule has 1 heterocycles. The van der Waals surface area contributed by atoms with E-state index in [9.17, 15) is 0 Å². The van der Waals surface area contributed by atoms with Crippen LogP contribution in [0.5, 0.6) is 0 Å². The van der Waals surface area contributed by atoms with Crippen molar-refractivity contribution in [3.63, 3.8) is 0 Å². The Morgan fingerprint density at radius 3 is 2.46 bits per heavy atom. The van der Waals surface area contributed by atoms with Gasteiger partial charge in [0.1, 0.15) is 0 Å². The van der Waals surface area contributed by atoms with Gasteiger partial charge in [0.05, 0.1) is 5.69 Å². The summed E-state index contributed by atoms with van der Waals surface area (Å²) in [5, 5.41) is 0. The first kappa shape index (κ1) is 30.7. The molecule has 0 fully saturated rings. The Kier molecular flexibility index (Phi) is 13.1. The summed E-state index contributed by atoms with van der Waals surface area (Å²) < 4.78 is 3.58. The number of fused-ring (bicyclic) bond motifs is 1. The molecule has 0 amide bonds. The summed E-state index contributed by atoms with van der Waals surface area (Å²) in [5.74, 6) is 0. The fourth-order valence-electron chi connectivity index (χ4n) is 3.72. The highest BCUT2D eigenvalue weighted by Crippen LogP contribution is 2.38. The fraction of sp³-hybridized carbons (Fsp3) is 0.517. The van der Waals surface area contributed by atoms with Crippen LogP contribution >= 0.6 is 11.9 Å². The molecule has 6 heteroatoms. The summed E-state index contributed by atoms with van der Waals surface area (Å²) in [7, 11) is 0. The standard InChI is InChI=1S/C25H36N4S.C2H5N.C2H6/c1-16(15-27-18(3)25(4,5)6)30-29-17(2)22-23(26)20-13-10-14-21(20)28-24(22)19-11-8-7-9-12-19;1-2-3;1-2/h8,11-12,15,17,29H,7,9-10,13-14H2,1-6H3,(H2,26,28);2H,1,3H2;1-2H3/b16-15+,27-18?;;. The molecule has 0 spiro atoms. The molecule has 0 saturated carbocycles. The van der Waals surface area contributed by atoms with Crippen molar-refractivity contribution in [2.75, 3.05) is 5.73 Å². The molecule has 0 saturated heterocycles. The second-order valence-electron chi connectivity index (χ2n) is 9.59. The van der Waals surface area contributed by atoms with E-state index in [0.717, 1.165) is 59.7 Å². The molecule has 5 nitrogen and oxygen atoms in total. The molecule has 5 N–H and O–H groups in total. The Morgan fingerprint density at radius 2 is 1.89 bits per heavy atom. The zero-order valence-corrected chi connectivity index (χ0v) is 24.0. The highest BCUT2D eigenvalue weighted by molar-refractivity contribution is 8.01. The lowest BCUT2D eigenvalue weighted by Gasteiger charge is -2.23. The van der Waals surface area contributed by atoms with Crippen LogP contribution in [0, 0.1) is 5.41 Å². The largest absolute Gasteiger partial charge is 0.405 e. The molecule has 194 valence electrons. The van der Waals surface area contributed by atoms with Crippen molar-refractivity contribution < 1.29 is 0 Å². The molecule has 0 aromatic carbocycles. The molecule has 1 aromatic rings. The second kappa shape index (κ2) is 14.9. The lowest BCUT2D eigenvalue weighted by Crippen LogP contribution is -2.18. The lowest BCUT2D eigenvalue weighted by molar-refractivity contribution is 0.588. The summed E-state index contributed by atoms with van der Waals surface area (Å²) in [5.41, 5.74) is 19.3. The average Bonchev–Trinajstić information content (AvgIpc) is 3.32. The third-order valence-corrected chi connectivity index (χ3v) is 6.83. The topological polar surface area (TPSA) is 89.3 Å². The van der Waals surface area contributed by atoms with Crippen molar-refractivity contribution in [3.05, 3.63) is 64.6 Å². The number of aryl methyl sites for hydroxylation is 1. The number of allylic oxidation sites excluding steroid dienone is 5. The van der Waals surface area contributed by atoms with Crippen molar-refractivity contribution in [2.24, 2.45) is 16.1 Å². The molecule has 3 rings (SSSR count). The van der Waals surface area contributed by atoms with E-state index in [2.05, 4.69) is 81.8 Å². The quantitative estimate of drug-likeness (QED) is 0.277. The highest BCUT2D eigenvalue weighted by Gasteiger charge is 2.25. The number of nitrogens with two attached hydrogens (primary N) is 2. The monoisotopic (exact) mass is 497 g/mol. The predicted octanol–water partition coefficient (Wildman–Crippen LogP) is 7.67. The number of pyridine rings is 1. The van der Waals surface area contributed by atoms with Crippen molar-refractivity contribution in [1.29, 1.82) is 0 Å². The van der Waals surface area contributed by atoms with Crippen LogP contribution in [-0.4, -0.2) is 10.7 Å². The highest BCUT2D eigenvalue weighted by atomic mass is 32.2. The Balaban J connectivity index is 0.00000114. The van der Waals surface area contributed by atoms with Gasteiger partial charge in [0.15, 0.2) is 0 Å². The number of nitrogens with zero attached hydrogens (tertiary/aromatic N) is 2. The Labute approximate surface area is 218 Å². The molecule has 2 aliphatic rings. The van der Waals surface area contributed by atoms with E-state index >= 15 is 0 Å². The molecule has 1 atom stereocenters. The maximum absolute atomic E-state index is 6.72. The molecule has 2 aliphatic carbocycles. The van der Waals surface area contributed by atoms with Crippen molar-refractivity contribution in [2.45, 2.75) is 93.5 Å². The molecular weight excluding hydrogens is 450 g/mol. The Morgan fingerprint density at radius 1 is 1.23 bits per heavy atom. The van der Waals surface area contributed by atoms with Crippen LogP contribution in [0.4, 0.5) is 5.69 Å². The van der Waals surface area contributed by atoms with Crippen LogP contribution in [0.2, 0.25) is 0 Å². The van der Waals surface area contributed by atoms with Crippen molar-refractivity contribution >= 4 is 28.9 Å². The fourth-order valence-corrected chi connectivity index (χ4v) is 4.31. The lowest BCUT2D eigenvalue weighted by atomic mass is 9.91. The van der Waals surface area contributed by atoms with Gasteiger partial charge in [-0.15, -0.1) is 0 Å². The van der Waals surface area contributed by atoms with E-state index in [-0.39, 0.29) is 11.5 Å². The molecule has 0 bridgehead atoms. The van der Waals surface area contributed by atoms with Crippen LogP contribution in [-0.2, 0) is 12.8 Å². The zero-order valence-electron chi connectivity index (χ0n) is 23.2. The first-order chi connectivity index (χ1) is 16.6. The molecule has 0 aliphatic heterocycles. The number of anilines is 1. The van der Waals surface area contributed by atoms with E-state index in [1.807, 2.05) is 20.0 Å². The van der Waals surface area contributed by atoms with Gasteiger partial charge in [-0.2, -0.15) is 0 Å². The smallest absolute Gasteiger partial charge is 0.0770 e. The van der Waals surface area contributed by atoms with E-state index in [4.69, 9.17) is 10.7 Å². The SMILES string of the molecule is C=CN.CC.CC(=N/C=C(\C)SNC(C)c1c(C2=CCCC=C2)nc2c(c1N)CCC2)C(C)(C)C. The van der Waals surface area contributed by atoms with Crippen LogP contribution in [0.25, 0.3) is 5.57 Å². The van der Waals surface area contributed by atoms with Gasteiger partial charge in [0.25, 0.3) is 0 Å². The summed E-state index contributed by atoms with van der Waals surface area (Å²) in [6.45, 7) is 20.0. The van der Waals surface area contributed by atoms with E-state index in [0.29, 0.717) is 0 Å². The van der Waals surface area contributed by atoms with Crippen LogP contribution < -0.4 is 16.2 Å². The minimum Gasteiger partial charge on any atom is -0.405 e. The van der Waals surface area contributed by atoms with E-state index in [1.165, 1.54) is 23.0 Å². The molecule has 0 radical (unpaired) electrons. The minimum atomic E-state index is 0.0793.